The smallest absolute Gasteiger partial charge is 0.137 e. The van der Waals surface area contributed by atoms with E-state index in [0.29, 0.717) is 18.8 Å². The number of ketones is 2. The van der Waals surface area contributed by atoms with E-state index in [0.717, 1.165) is 19.3 Å². The lowest BCUT2D eigenvalue weighted by Gasteiger charge is -2.42. The van der Waals surface area contributed by atoms with Gasteiger partial charge >= 0.3 is 0 Å². The number of aliphatic hydroxyl groups excluding tert-OH is 1. The largest absolute Gasteiger partial charge is 0.396 e. The first kappa shape index (κ1) is 11.8. The molecule has 0 aromatic heterocycles. The molecule has 0 aromatic rings. The number of Topliss-reactive ketones (excluding diaryl/α,β-unsaturated/α-hetero) is 2. The second kappa shape index (κ2) is 4.66. The van der Waals surface area contributed by atoms with E-state index in [1.807, 2.05) is 0 Å². The standard InChI is InChI=1S/C13H20O3/c1-2-9-5-8(7-14)6-10-11(15)3-4-12(16)13(9)10/h8-10,13-14H,2-7H2,1H3/t8?,9-,10-,13-/m0/s1. The van der Waals surface area contributed by atoms with Crippen molar-refractivity contribution in [1.82, 2.24) is 0 Å². The molecule has 2 rings (SSSR count). The molecule has 2 aliphatic carbocycles. The van der Waals surface area contributed by atoms with Gasteiger partial charge in [-0.15, -0.1) is 0 Å². The molecule has 0 spiro atoms. The van der Waals surface area contributed by atoms with Gasteiger partial charge in [0.1, 0.15) is 11.6 Å². The maximum absolute atomic E-state index is 11.9. The fourth-order valence-electron chi connectivity index (χ4n) is 3.49. The molecule has 1 N–H and O–H groups in total. The van der Waals surface area contributed by atoms with Crippen molar-refractivity contribution >= 4 is 11.6 Å². The summed E-state index contributed by atoms with van der Waals surface area (Å²) in [5.74, 6) is 0.953. The molecule has 2 aliphatic rings. The number of hydrogen-bond donors (Lipinski definition) is 1. The van der Waals surface area contributed by atoms with Gasteiger partial charge in [0.2, 0.25) is 0 Å². The first-order valence-electron chi connectivity index (χ1n) is 6.33. The Kier molecular flexibility index (Phi) is 3.43. The van der Waals surface area contributed by atoms with Crippen LogP contribution in [-0.2, 0) is 9.59 Å². The summed E-state index contributed by atoms with van der Waals surface area (Å²) in [5.41, 5.74) is 0. The lowest BCUT2D eigenvalue weighted by Crippen LogP contribution is -2.45. The number of rotatable bonds is 2. The number of hydrogen-bond acceptors (Lipinski definition) is 3. The zero-order valence-electron chi connectivity index (χ0n) is 9.82. The minimum Gasteiger partial charge on any atom is -0.396 e. The molecule has 3 heteroatoms. The van der Waals surface area contributed by atoms with Gasteiger partial charge in [-0.1, -0.05) is 13.3 Å². The third kappa shape index (κ3) is 1.93. The second-order valence-electron chi connectivity index (χ2n) is 5.25. The molecule has 2 saturated carbocycles. The SMILES string of the molecule is CC[C@H]1CC(CO)C[C@H]2C(=O)CCC(=O)[C@@H]12. The minimum atomic E-state index is -0.0860. The quantitative estimate of drug-likeness (QED) is 0.774. The first-order valence-corrected chi connectivity index (χ1v) is 6.33. The third-order valence-electron chi connectivity index (χ3n) is 4.35. The summed E-state index contributed by atoms with van der Waals surface area (Å²) in [6.45, 7) is 2.23. The van der Waals surface area contributed by atoms with Crippen molar-refractivity contribution < 1.29 is 14.7 Å². The van der Waals surface area contributed by atoms with E-state index in [9.17, 15) is 14.7 Å². The molecule has 2 fully saturated rings. The van der Waals surface area contributed by atoms with Crippen molar-refractivity contribution in [3.05, 3.63) is 0 Å². The van der Waals surface area contributed by atoms with Crippen molar-refractivity contribution in [3.8, 4) is 0 Å². The molecular formula is C13H20O3. The van der Waals surface area contributed by atoms with E-state index >= 15 is 0 Å². The van der Waals surface area contributed by atoms with E-state index in [1.54, 1.807) is 0 Å². The maximum Gasteiger partial charge on any atom is 0.137 e. The monoisotopic (exact) mass is 224 g/mol. The molecule has 4 atom stereocenters. The van der Waals surface area contributed by atoms with Crippen molar-refractivity contribution in [2.24, 2.45) is 23.7 Å². The van der Waals surface area contributed by atoms with Crippen molar-refractivity contribution in [3.63, 3.8) is 0 Å². The molecular weight excluding hydrogens is 204 g/mol. The lowest BCUT2D eigenvalue weighted by molar-refractivity contribution is -0.143. The van der Waals surface area contributed by atoms with Crippen LogP contribution in [0.5, 0.6) is 0 Å². The minimum absolute atomic E-state index is 0.0333. The van der Waals surface area contributed by atoms with Gasteiger partial charge in [0, 0.05) is 31.3 Å². The summed E-state index contributed by atoms with van der Waals surface area (Å²) in [6.07, 6.45) is 3.45. The van der Waals surface area contributed by atoms with Crippen molar-refractivity contribution in [2.75, 3.05) is 6.61 Å². The van der Waals surface area contributed by atoms with Crippen molar-refractivity contribution in [1.29, 1.82) is 0 Å². The van der Waals surface area contributed by atoms with Crippen LogP contribution in [0.1, 0.15) is 39.0 Å². The molecule has 0 heterocycles. The van der Waals surface area contributed by atoms with E-state index in [2.05, 4.69) is 6.92 Å². The van der Waals surface area contributed by atoms with E-state index < -0.39 is 0 Å². The van der Waals surface area contributed by atoms with Gasteiger partial charge < -0.3 is 5.11 Å². The maximum atomic E-state index is 11.9. The number of fused-ring (bicyclic) bond motifs is 1. The van der Waals surface area contributed by atoms with Gasteiger partial charge in [-0.05, 0) is 24.7 Å². The third-order valence-corrected chi connectivity index (χ3v) is 4.35. The van der Waals surface area contributed by atoms with Crippen LogP contribution >= 0.6 is 0 Å². The average molecular weight is 224 g/mol. The molecule has 0 radical (unpaired) electrons. The summed E-state index contributed by atoms with van der Waals surface area (Å²) in [7, 11) is 0. The van der Waals surface area contributed by atoms with Gasteiger partial charge in [0.25, 0.3) is 0 Å². The number of carbonyl (C=O) groups is 2. The average Bonchev–Trinajstić information content (AvgIpc) is 2.32. The second-order valence-corrected chi connectivity index (χ2v) is 5.25. The highest BCUT2D eigenvalue weighted by molar-refractivity contribution is 5.96. The van der Waals surface area contributed by atoms with Gasteiger partial charge in [0.05, 0.1) is 0 Å². The molecule has 0 saturated heterocycles. The number of aliphatic hydroxyl groups is 1. The Morgan fingerprint density at radius 3 is 2.50 bits per heavy atom. The van der Waals surface area contributed by atoms with Crippen LogP contribution < -0.4 is 0 Å². The Morgan fingerprint density at radius 1 is 1.19 bits per heavy atom. The van der Waals surface area contributed by atoms with Crippen LogP contribution in [0.3, 0.4) is 0 Å². The highest BCUT2D eigenvalue weighted by Gasteiger charge is 2.45. The molecule has 0 bridgehead atoms. The van der Waals surface area contributed by atoms with Crippen LogP contribution in [-0.4, -0.2) is 23.3 Å². The topological polar surface area (TPSA) is 54.4 Å². The van der Waals surface area contributed by atoms with Crippen LogP contribution in [0.2, 0.25) is 0 Å². The van der Waals surface area contributed by atoms with Gasteiger partial charge in [0.15, 0.2) is 0 Å². The predicted octanol–water partition coefficient (Wildman–Crippen LogP) is 1.58. The molecule has 0 amide bonds. The van der Waals surface area contributed by atoms with Crippen LogP contribution in [0.15, 0.2) is 0 Å². The first-order chi connectivity index (χ1) is 7.67. The molecule has 90 valence electrons. The summed E-state index contributed by atoms with van der Waals surface area (Å²) < 4.78 is 0. The Balaban J connectivity index is 2.21. The summed E-state index contributed by atoms with van der Waals surface area (Å²) in [6, 6.07) is 0. The summed E-state index contributed by atoms with van der Waals surface area (Å²) in [5, 5.41) is 9.25. The van der Waals surface area contributed by atoms with Crippen LogP contribution in [0.25, 0.3) is 0 Å². The zero-order valence-corrected chi connectivity index (χ0v) is 9.82. The van der Waals surface area contributed by atoms with Gasteiger partial charge in [-0.25, -0.2) is 0 Å². The van der Waals surface area contributed by atoms with E-state index in [1.165, 1.54) is 0 Å². The van der Waals surface area contributed by atoms with Crippen LogP contribution in [0, 0.1) is 23.7 Å². The lowest BCUT2D eigenvalue weighted by atomic mass is 9.61. The highest BCUT2D eigenvalue weighted by Crippen LogP contribution is 2.44. The summed E-state index contributed by atoms with van der Waals surface area (Å²) in [4.78, 5) is 23.8. The summed E-state index contributed by atoms with van der Waals surface area (Å²) >= 11 is 0. The zero-order chi connectivity index (χ0) is 11.7. The van der Waals surface area contributed by atoms with Gasteiger partial charge in [-0.2, -0.15) is 0 Å². The Bertz CT molecular complexity index is 298. The predicted molar refractivity (Wildman–Crippen MR) is 59.8 cm³/mol. The van der Waals surface area contributed by atoms with E-state index in [-0.39, 0.29) is 35.9 Å². The molecule has 3 nitrogen and oxygen atoms in total. The van der Waals surface area contributed by atoms with Crippen LogP contribution in [0.4, 0.5) is 0 Å². The fraction of sp³-hybridized carbons (Fsp3) is 0.846. The highest BCUT2D eigenvalue weighted by atomic mass is 16.3. The Hall–Kier alpha value is -0.700. The molecule has 1 unspecified atom stereocenters. The molecule has 0 aliphatic heterocycles. The Labute approximate surface area is 96.2 Å². The van der Waals surface area contributed by atoms with E-state index in [4.69, 9.17) is 0 Å². The fourth-order valence-corrected chi connectivity index (χ4v) is 3.49. The molecule has 0 aromatic carbocycles. The molecule has 16 heavy (non-hydrogen) atoms. The van der Waals surface area contributed by atoms with Crippen molar-refractivity contribution in [2.45, 2.75) is 39.0 Å². The number of carbonyl (C=O) groups excluding carboxylic acids is 2. The van der Waals surface area contributed by atoms with Gasteiger partial charge in [-0.3, -0.25) is 9.59 Å². The Morgan fingerprint density at radius 2 is 1.88 bits per heavy atom. The normalized spacial score (nSPS) is 39.6.